The highest BCUT2D eigenvalue weighted by Crippen LogP contribution is 2.09. The first kappa shape index (κ1) is 36.2. The van der Waals surface area contributed by atoms with E-state index in [1.807, 2.05) is 27.7 Å². The molecule has 33 heavy (non-hydrogen) atoms. The Balaban J connectivity index is -0.000000435. The molecule has 0 heterocycles. The summed E-state index contributed by atoms with van der Waals surface area (Å²) in [5.74, 6) is 3.45. The Morgan fingerprint density at radius 3 is 1.33 bits per heavy atom. The number of carbonyl (C=O) groups excluding carboxylic acids is 3. The van der Waals surface area contributed by atoms with E-state index < -0.39 is 0 Å². The normalized spacial score (nSPS) is 10.8. The molecular weight excluding hydrogens is 412 g/mol. The average Bonchev–Trinajstić information content (AvgIpc) is 2.69. The molecule has 0 atom stereocenters. The maximum Gasteiger partial charge on any atom is 0.222 e. The minimum absolute atomic E-state index is 0.0558. The summed E-state index contributed by atoms with van der Waals surface area (Å²) in [6.07, 6.45) is 4.69. The molecule has 5 heteroatoms. The lowest BCUT2D eigenvalue weighted by Gasteiger charge is -2.08. The fourth-order valence-electron chi connectivity index (χ4n) is 2.30. The molecule has 0 rings (SSSR count). The van der Waals surface area contributed by atoms with Gasteiger partial charge in [-0.15, -0.1) is 0 Å². The third-order valence-corrected chi connectivity index (χ3v) is 4.82. The van der Waals surface area contributed by atoms with Gasteiger partial charge in [-0.05, 0) is 30.1 Å². The summed E-state index contributed by atoms with van der Waals surface area (Å²) in [7, 11) is 0. The zero-order valence-electron chi connectivity index (χ0n) is 24.1. The SMILES string of the molecule is CC(C)CCC(=O)NCCC(=O)C(C)C.CC(C)CCC(C)C.CC(C)CNC(=O)C(C)C. The van der Waals surface area contributed by atoms with Crippen molar-refractivity contribution < 1.29 is 14.4 Å². The van der Waals surface area contributed by atoms with Crippen LogP contribution in [-0.2, 0) is 14.4 Å². The number of Topliss-reactive ketones (excluding diaryl/α,β-unsaturated/α-hetero) is 1. The van der Waals surface area contributed by atoms with Crippen LogP contribution in [0.5, 0.6) is 0 Å². The Hall–Kier alpha value is -1.39. The summed E-state index contributed by atoms with van der Waals surface area (Å²) in [5.41, 5.74) is 0. The molecule has 0 aliphatic heterocycles. The lowest BCUT2D eigenvalue weighted by molar-refractivity contribution is -0.124. The number of carbonyl (C=O) groups is 3. The molecule has 0 saturated heterocycles. The van der Waals surface area contributed by atoms with Gasteiger partial charge in [0.1, 0.15) is 5.78 Å². The zero-order chi connectivity index (χ0) is 26.6. The molecule has 0 aromatic rings. The smallest absolute Gasteiger partial charge is 0.222 e. The number of amides is 2. The summed E-state index contributed by atoms with van der Waals surface area (Å²) < 4.78 is 0. The molecule has 0 radical (unpaired) electrons. The largest absolute Gasteiger partial charge is 0.356 e. The minimum Gasteiger partial charge on any atom is -0.356 e. The van der Waals surface area contributed by atoms with Gasteiger partial charge in [0, 0.05) is 37.8 Å². The average molecular weight is 471 g/mol. The van der Waals surface area contributed by atoms with Gasteiger partial charge in [-0.25, -0.2) is 0 Å². The van der Waals surface area contributed by atoms with E-state index in [4.69, 9.17) is 0 Å². The van der Waals surface area contributed by atoms with E-state index in [1.54, 1.807) is 0 Å². The van der Waals surface area contributed by atoms with Gasteiger partial charge < -0.3 is 10.6 Å². The predicted octanol–water partition coefficient (Wildman–Crippen LogP) is 6.65. The summed E-state index contributed by atoms with van der Waals surface area (Å²) in [6, 6.07) is 0. The van der Waals surface area contributed by atoms with Gasteiger partial charge in [-0.3, -0.25) is 14.4 Å². The lowest BCUT2D eigenvalue weighted by atomic mass is 10.0. The number of hydrogen-bond acceptors (Lipinski definition) is 3. The number of ketones is 1. The van der Waals surface area contributed by atoms with E-state index in [1.165, 1.54) is 12.8 Å². The van der Waals surface area contributed by atoms with E-state index in [9.17, 15) is 14.4 Å². The van der Waals surface area contributed by atoms with Crippen molar-refractivity contribution >= 4 is 17.6 Å². The summed E-state index contributed by atoms with van der Waals surface area (Å²) in [5, 5.41) is 5.61. The van der Waals surface area contributed by atoms with Gasteiger partial charge >= 0.3 is 0 Å². The maximum atomic E-state index is 11.3. The summed E-state index contributed by atoms with van der Waals surface area (Å²) >= 11 is 0. The van der Waals surface area contributed by atoms with Gasteiger partial charge in [0.2, 0.25) is 11.8 Å². The molecule has 5 nitrogen and oxygen atoms in total. The monoisotopic (exact) mass is 470 g/mol. The first-order valence-corrected chi connectivity index (χ1v) is 13.2. The van der Waals surface area contributed by atoms with E-state index in [-0.39, 0.29) is 29.4 Å². The fourth-order valence-corrected chi connectivity index (χ4v) is 2.30. The molecule has 0 spiro atoms. The van der Waals surface area contributed by atoms with Crippen LogP contribution in [0.1, 0.15) is 115 Å². The second-order valence-electron chi connectivity index (χ2n) is 11.3. The van der Waals surface area contributed by atoms with Crippen molar-refractivity contribution in [2.45, 2.75) is 115 Å². The summed E-state index contributed by atoms with van der Waals surface area (Å²) in [4.78, 5) is 33.5. The highest BCUT2D eigenvalue weighted by Gasteiger charge is 2.08. The first-order chi connectivity index (χ1) is 15.1. The Bertz CT molecular complexity index is 487. The first-order valence-electron chi connectivity index (χ1n) is 13.2. The van der Waals surface area contributed by atoms with Crippen molar-refractivity contribution in [2.24, 2.45) is 35.5 Å². The molecule has 0 saturated carbocycles. The molecule has 0 aliphatic carbocycles. The molecule has 2 amide bonds. The van der Waals surface area contributed by atoms with Crippen LogP contribution in [0.3, 0.4) is 0 Å². The Morgan fingerprint density at radius 1 is 0.545 bits per heavy atom. The second-order valence-corrected chi connectivity index (χ2v) is 11.3. The highest BCUT2D eigenvalue weighted by molar-refractivity contribution is 5.81. The zero-order valence-corrected chi connectivity index (χ0v) is 24.1. The van der Waals surface area contributed by atoms with Crippen LogP contribution in [0.2, 0.25) is 0 Å². The number of hydrogen-bond donors (Lipinski definition) is 2. The highest BCUT2D eigenvalue weighted by atomic mass is 16.2. The van der Waals surface area contributed by atoms with Crippen LogP contribution >= 0.6 is 0 Å². The molecule has 0 unspecified atom stereocenters. The van der Waals surface area contributed by atoms with Crippen LogP contribution in [0, 0.1) is 35.5 Å². The van der Waals surface area contributed by atoms with E-state index >= 15 is 0 Å². The van der Waals surface area contributed by atoms with Crippen LogP contribution in [0.25, 0.3) is 0 Å². The van der Waals surface area contributed by atoms with Gasteiger partial charge in [0.05, 0.1) is 0 Å². The molecule has 0 bridgehead atoms. The maximum absolute atomic E-state index is 11.3. The Morgan fingerprint density at radius 2 is 1.00 bits per heavy atom. The molecule has 0 aromatic heterocycles. The third-order valence-electron chi connectivity index (χ3n) is 4.82. The predicted molar refractivity (Wildman–Crippen MR) is 143 cm³/mol. The van der Waals surface area contributed by atoms with Crippen LogP contribution < -0.4 is 10.6 Å². The Labute approximate surface area is 206 Å². The van der Waals surface area contributed by atoms with Gasteiger partial charge in [0.15, 0.2) is 0 Å². The molecular formula is C28H58N2O3. The standard InChI is InChI=1S/C12H23NO2.C8H17NO.C8H18/c1-9(2)5-6-12(15)13-8-7-11(14)10(3)4;1-6(2)5-9-8(10)7(3)4;1-7(2)5-6-8(3)4/h9-10H,5-8H2,1-4H3,(H,13,15);6-7H,5H2,1-4H3,(H,9,10);7-8H,5-6H2,1-4H3. The van der Waals surface area contributed by atoms with Crippen LogP contribution in [0.4, 0.5) is 0 Å². The quantitative estimate of drug-likeness (QED) is 0.316. The molecule has 0 aromatic carbocycles. The van der Waals surface area contributed by atoms with Crippen molar-refractivity contribution in [2.75, 3.05) is 13.1 Å². The topological polar surface area (TPSA) is 75.3 Å². The van der Waals surface area contributed by atoms with E-state index in [0.717, 1.165) is 24.8 Å². The van der Waals surface area contributed by atoms with Gasteiger partial charge in [0.25, 0.3) is 0 Å². The third kappa shape index (κ3) is 32.9. The van der Waals surface area contributed by atoms with Crippen LogP contribution in [-0.4, -0.2) is 30.7 Å². The second kappa shape index (κ2) is 22.4. The minimum atomic E-state index is 0.0558. The van der Waals surface area contributed by atoms with Gasteiger partial charge in [-0.1, -0.05) is 95.9 Å². The van der Waals surface area contributed by atoms with Crippen molar-refractivity contribution in [1.29, 1.82) is 0 Å². The van der Waals surface area contributed by atoms with Gasteiger partial charge in [-0.2, -0.15) is 0 Å². The fraction of sp³-hybridized carbons (Fsp3) is 0.893. The van der Waals surface area contributed by atoms with Crippen molar-refractivity contribution in [3.63, 3.8) is 0 Å². The van der Waals surface area contributed by atoms with Crippen molar-refractivity contribution in [1.82, 2.24) is 10.6 Å². The molecule has 0 aliphatic rings. The summed E-state index contributed by atoms with van der Waals surface area (Å²) in [6.45, 7) is 26.3. The molecule has 0 fully saturated rings. The number of rotatable bonds is 13. The molecule has 2 N–H and O–H groups in total. The molecule has 198 valence electrons. The van der Waals surface area contributed by atoms with Crippen molar-refractivity contribution in [3.05, 3.63) is 0 Å². The van der Waals surface area contributed by atoms with Crippen molar-refractivity contribution in [3.8, 4) is 0 Å². The Kier molecular flexibility index (Phi) is 24.6. The van der Waals surface area contributed by atoms with E-state index in [0.29, 0.717) is 31.2 Å². The van der Waals surface area contributed by atoms with Crippen LogP contribution in [0.15, 0.2) is 0 Å². The number of nitrogens with one attached hydrogen (secondary N) is 2. The van der Waals surface area contributed by atoms with E-state index in [2.05, 4.69) is 66.0 Å². The lowest BCUT2D eigenvalue weighted by Crippen LogP contribution is -2.30.